The van der Waals surface area contributed by atoms with Gasteiger partial charge >= 0.3 is 5.97 Å². The first-order valence-electron chi connectivity index (χ1n) is 7.84. The van der Waals surface area contributed by atoms with Gasteiger partial charge in [-0.2, -0.15) is 0 Å². The fourth-order valence-corrected chi connectivity index (χ4v) is 2.79. The van der Waals surface area contributed by atoms with Crippen molar-refractivity contribution in [2.45, 2.75) is 25.3 Å². The maximum absolute atomic E-state index is 12.2. The molecule has 0 saturated heterocycles. The lowest BCUT2D eigenvalue weighted by Crippen LogP contribution is -2.33. The molecule has 0 spiro atoms. The molecule has 0 aliphatic heterocycles. The summed E-state index contributed by atoms with van der Waals surface area (Å²) in [6.07, 6.45) is 3.22. The highest BCUT2D eigenvalue weighted by Crippen LogP contribution is 2.26. The Morgan fingerprint density at radius 3 is 2.54 bits per heavy atom. The number of rotatable bonds is 5. The highest BCUT2D eigenvalue weighted by molar-refractivity contribution is 5.94. The molecule has 1 fully saturated rings. The number of carboxylic acid groups (broad SMARTS) is 1. The average molecular weight is 326 g/mol. The average Bonchev–Trinajstić information content (AvgIpc) is 3.05. The first kappa shape index (κ1) is 16.0. The van der Waals surface area contributed by atoms with Gasteiger partial charge in [0.1, 0.15) is 5.75 Å². The van der Waals surface area contributed by atoms with Crippen molar-refractivity contribution < 1.29 is 19.4 Å². The Balaban J connectivity index is 1.57. The van der Waals surface area contributed by atoms with Gasteiger partial charge in [0.2, 0.25) is 5.88 Å². The van der Waals surface area contributed by atoms with E-state index >= 15 is 0 Å². The summed E-state index contributed by atoms with van der Waals surface area (Å²) >= 11 is 0. The molecule has 1 aliphatic rings. The van der Waals surface area contributed by atoms with Crippen molar-refractivity contribution in [3.8, 4) is 11.6 Å². The number of amides is 1. The number of pyridine rings is 1. The van der Waals surface area contributed by atoms with Crippen LogP contribution in [-0.2, 0) is 4.79 Å². The van der Waals surface area contributed by atoms with E-state index in [1.807, 2.05) is 30.3 Å². The van der Waals surface area contributed by atoms with Crippen LogP contribution in [0.5, 0.6) is 11.6 Å². The van der Waals surface area contributed by atoms with Crippen LogP contribution in [0.4, 0.5) is 0 Å². The molecule has 124 valence electrons. The fourth-order valence-electron chi connectivity index (χ4n) is 2.79. The molecule has 2 atom stereocenters. The third-order valence-corrected chi connectivity index (χ3v) is 4.08. The third kappa shape index (κ3) is 3.90. The number of hydrogen-bond acceptors (Lipinski definition) is 4. The number of nitrogens with one attached hydrogen (secondary N) is 1. The summed E-state index contributed by atoms with van der Waals surface area (Å²) in [7, 11) is 0. The van der Waals surface area contributed by atoms with E-state index in [0.717, 1.165) is 0 Å². The van der Waals surface area contributed by atoms with Crippen LogP contribution in [0.1, 0.15) is 29.6 Å². The standard InChI is InChI=1S/C18H18N2O4/c21-17(20-14-8-6-12(10-14)18(22)23)13-7-9-16(19-11-13)24-15-4-2-1-3-5-15/h1-5,7,9,11-12,14H,6,8,10H2,(H,20,21)(H,22,23)/t12-,14+/m1/s1. The molecule has 2 N–H and O–H groups in total. The first-order valence-corrected chi connectivity index (χ1v) is 7.84. The van der Waals surface area contributed by atoms with Gasteiger partial charge in [-0.05, 0) is 37.5 Å². The van der Waals surface area contributed by atoms with Gasteiger partial charge in [0.25, 0.3) is 5.91 Å². The van der Waals surface area contributed by atoms with E-state index in [1.165, 1.54) is 6.20 Å². The lowest BCUT2D eigenvalue weighted by atomic mass is 10.1. The zero-order valence-corrected chi connectivity index (χ0v) is 13.0. The Kier molecular flexibility index (Phi) is 4.74. The van der Waals surface area contributed by atoms with Crippen molar-refractivity contribution in [3.63, 3.8) is 0 Å². The van der Waals surface area contributed by atoms with Gasteiger partial charge in [-0.15, -0.1) is 0 Å². The highest BCUT2D eigenvalue weighted by Gasteiger charge is 2.30. The smallest absolute Gasteiger partial charge is 0.306 e. The Morgan fingerprint density at radius 1 is 1.12 bits per heavy atom. The van der Waals surface area contributed by atoms with Gasteiger partial charge in [-0.1, -0.05) is 18.2 Å². The molecular formula is C18H18N2O4. The Labute approximate surface area is 139 Å². The number of carbonyl (C=O) groups is 2. The van der Waals surface area contributed by atoms with Crippen LogP contribution in [0, 0.1) is 5.92 Å². The van der Waals surface area contributed by atoms with Crippen LogP contribution in [-0.4, -0.2) is 28.0 Å². The summed E-state index contributed by atoms with van der Waals surface area (Å²) in [6, 6.07) is 12.4. The zero-order chi connectivity index (χ0) is 16.9. The summed E-state index contributed by atoms with van der Waals surface area (Å²) in [5.74, 6) is -0.326. The number of carbonyl (C=O) groups excluding carboxylic acids is 1. The molecule has 3 rings (SSSR count). The summed E-state index contributed by atoms with van der Waals surface area (Å²) in [6.45, 7) is 0. The summed E-state index contributed by atoms with van der Waals surface area (Å²) in [5.41, 5.74) is 0.425. The monoisotopic (exact) mass is 326 g/mol. The Hall–Kier alpha value is -2.89. The number of aromatic nitrogens is 1. The number of carboxylic acids is 1. The minimum Gasteiger partial charge on any atom is -0.481 e. The lowest BCUT2D eigenvalue weighted by molar-refractivity contribution is -0.141. The number of benzene rings is 1. The summed E-state index contributed by atoms with van der Waals surface area (Å²) < 4.78 is 5.58. The van der Waals surface area contributed by atoms with Crippen molar-refractivity contribution in [2.75, 3.05) is 0 Å². The number of aliphatic carboxylic acids is 1. The maximum Gasteiger partial charge on any atom is 0.306 e. The topological polar surface area (TPSA) is 88.5 Å². The van der Waals surface area contributed by atoms with Crippen molar-refractivity contribution in [1.82, 2.24) is 10.3 Å². The second kappa shape index (κ2) is 7.12. The minimum atomic E-state index is -0.796. The van der Waals surface area contributed by atoms with E-state index in [-0.39, 0.29) is 17.9 Å². The molecule has 0 radical (unpaired) electrons. The van der Waals surface area contributed by atoms with Gasteiger partial charge < -0.3 is 15.2 Å². The molecule has 1 aromatic carbocycles. The minimum absolute atomic E-state index is 0.0983. The van der Waals surface area contributed by atoms with Gasteiger partial charge in [-0.3, -0.25) is 9.59 Å². The Bertz CT molecular complexity index is 716. The molecule has 6 nitrogen and oxygen atoms in total. The molecule has 1 saturated carbocycles. The molecule has 2 aromatic rings. The van der Waals surface area contributed by atoms with Gasteiger partial charge in [0.05, 0.1) is 11.5 Å². The van der Waals surface area contributed by atoms with E-state index in [0.29, 0.717) is 36.5 Å². The predicted molar refractivity (Wildman–Crippen MR) is 87.0 cm³/mol. The van der Waals surface area contributed by atoms with Crippen LogP contribution in [0.2, 0.25) is 0 Å². The van der Waals surface area contributed by atoms with Crippen molar-refractivity contribution in [3.05, 3.63) is 54.2 Å². The van der Waals surface area contributed by atoms with E-state index in [9.17, 15) is 9.59 Å². The second-order valence-electron chi connectivity index (χ2n) is 5.82. The van der Waals surface area contributed by atoms with Crippen LogP contribution in [0.25, 0.3) is 0 Å². The molecule has 0 unspecified atom stereocenters. The first-order chi connectivity index (χ1) is 11.6. The second-order valence-corrected chi connectivity index (χ2v) is 5.82. The molecule has 1 aromatic heterocycles. The number of ether oxygens (including phenoxy) is 1. The quantitative estimate of drug-likeness (QED) is 0.882. The summed E-state index contributed by atoms with van der Waals surface area (Å²) in [5, 5.41) is 11.9. The summed E-state index contributed by atoms with van der Waals surface area (Å²) in [4.78, 5) is 27.3. The van der Waals surface area contributed by atoms with Gasteiger partial charge in [-0.25, -0.2) is 4.98 Å². The molecule has 0 bridgehead atoms. The molecule has 1 heterocycles. The van der Waals surface area contributed by atoms with E-state index in [1.54, 1.807) is 12.1 Å². The molecule has 1 aliphatic carbocycles. The van der Waals surface area contributed by atoms with E-state index in [4.69, 9.17) is 9.84 Å². The zero-order valence-electron chi connectivity index (χ0n) is 13.0. The number of nitrogens with zero attached hydrogens (tertiary/aromatic N) is 1. The van der Waals surface area contributed by atoms with Crippen molar-refractivity contribution >= 4 is 11.9 Å². The molecule has 24 heavy (non-hydrogen) atoms. The van der Waals surface area contributed by atoms with Crippen molar-refractivity contribution in [2.24, 2.45) is 5.92 Å². The fraction of sp³-hybridized carbons (Fsp3) is 0.278. The van der Waals surface area contributed by atoms with Crippen LogP contribution >= 0.6 is 0 Å². The van der Waals surface area contributed by atoms with E-state index < -0.39 is 5.97 Å². The van der Waals surface area contributed by atoms with Crippen molar-refractivity contribution in [1.29, 1.82) is 0 Å². The molecule has 6 heteroatoms. The van der Waals surface area contributed by atoms with Crippen LogP contribution in [0.3, 0.4) is 0 Å². The van der Waals surface area contributed by atoms with E-state index in [2.05, 4.69) is 10.3 Å². The van der Waals surface area contributed by atoms with Crippen LogP contribution < -0.4 is 10.1 Å². The molecular weight excluding hydrogens is 308 g/mol. The third-order valence-electron chi connectivity index (χ3n) is 4.08. The maximum atomic E-state index is 12.2. The lowest BCUT2D eigenvalue weighted by Gasteiger charge is -2.12. The molecule has 1 amide bonds. The van der Waals surface area contributed by atoms with Gasteiger partial charge in [0, 0.05) is 18.3 Å². The normalized spacial score (nSPS) is 19.7. The van der Waals surface area contributed by atoms with Gasteiger partial charge in [0.15, 0.2) is 0 Å². The Morgan fingerprint density at radius 2 is 1.92 bits per heavy atom. The predicted octanol–water partition coefficient (Wildman–Crippen LogP) is 2.86. The highest BCUT2D eigenvalue weighted by atomic mass is 16.5. The SMILES string of the molecule is O=C(N[C@H]1CC[C@@H](C(=O)O)C1)c1ccc(Oc2ccccc2)nc1. The largest absolute Gasteiger partial charge is 0.481 e. The number of hydrogen-bond donors (Lipinski definition) is 2. The number of para-hydroxylation sites is 1. The van der Waals surface area contributed by atoms with Crippen LogP contribution in [0.15, 0.2) is 48.7 Å².